The average molecular weight is 378 g/mol. The number of anilines is 2. The lowest BCUT2D eigenvalue weighted by Crippen LogP contribution is -2.59. The Labute approximate surface area is 164 Å². The van der Waals surface area contributed by atoms with E-state index in [2.05, 4.69) is 37.0 Å². The van der Waals surface area contributed by atoms with Gasteiger partial charge in [0.05, 0.1) is 5.39 Å². The summed E-state index contributed by atoms with van der Waals surface area (Å²) in [5, 5.41) is 4.16. The maximum absolute atomic E-state index is 13.2. The smallest absolute Gasteiger partial charge is 0.245 e. The molecule has 0 radical (unpaired) electrons. The lowest BCUT2D eigenvalue weighted by molar-refractivity contribution is -0.127. The van der Waals surface area contributed by atoms with Gasteiger partial charge in [-0.05, 0) is 51.6 Å². The maximum Gasteiger partial charge on any atom is 0.245 e. The zero-order valence-corrected chi connectivity index (χ0v) is 16.6. The molecule has 1 saturated heterocycles. The van der Waals surface area contributed by atoms with Crippen molar-refractivity contribution in [3.63, 3.8) is 0 Å². The number of carbonyl (C=O) groups excluding carboxylic acids is 1. The van der Waals surface area contributed by atoms with Gasteiger partial charge in [0.25, 0.3) is 0 Å². The number of H-pyrrole nitrogens is 1. The fourth-order valence-electron chi connectivity index (χ4n) is 4.07. The summed E-state index contributed by atoms with van der Waals surface area (Å²) in [6.45, 7) is 3.58. The second kappa shape index (κ2) is 7.24. The van der Waals surface area contributed by atoms with Crippen LogP contribution in [0.5, 0.6) is 0 Å². The number of likely N-dealkylation sites (N-methyl/N-ethyl adjacent to an activating group) is 1. The number of aryl methyl sites for hydroxylation is 1. The molecule has 1 fully saturated rings. The third-order valence-electron chi connectivity index (χ3n) is 5.85. The standard InChI is InChI=1S/C21H26N6O/c1-15-13-22-18-17(15)19(24-14-23-18)27-11-9-21(10-12-27,26(2)3)20(28)25-16-7-5-4-6-8-16/h4-8,13-14H,9-12H2,1-3H3,(H,25,28)(H,22,23,24). The zero-order valence-electron chi connectivity index (χ0n) is 16.6. The highest BCUT2D eigenvalue weighted by Crippen LogP contribution is 2.33. The molecule has 7 heteroatoms. The van der Waals surface area contributed by atoms with E-state index in [4.69, 9.17) is 0 Å². The van der Waals surface area contributed by atoms with E-state index in [1.807, 2.05) is 50.6 Å². The summed E-state index contributed by atoms with van der Waals surface area (Å²) in [6.07, 6.45) is 5.02. The van der Waals surface area contributed by atoms with E-state index >= 15 is 0 Å². The number of piperidine rings is 1. The normalized spacial score (nSPS) is 16.5. The monoisotopic (exact) mass is 378 g/mol. The summed E-state index contributed by atoms with van der Waals surface area (Å²) in [5.41, 5.74) is 2.29. The van der Waals surface area contributed by atoms with Gasteiger partial charge in [0, 0.05) is 25.0 Å². The third-order valence-corrected chi connectivity index (χ3v) is 5.85. The van der Waals surface area contributed by atoms with Crippen LogP contribution in [0.25, 0.3) is 11.0 Å². The number of nitrogens with zero attached hydrogens (tertiary/aromatic N) is 4. The number of aromatic amines is 1. The Balaban J connectivity index is 1.56. The molecular weight excluding hydrogens is 352 g/mol. The number of hydrogen-bond acceptors (Lipinski definition) is 5. The fourth-order valence-corrected chi connectivity index (χ4v) is 4.07. The highest BCUT2D eigenvalue weighted by Gasteiger charge is 2.43. The van der Waals surface area contributed by atoms with Gasteiger partial charge in [-0.1, -0.05) is 18.2 Å². The Bertz CT molecular complexity index is 973. The first-order chi connectivity index (χ1) is 13.5. The molecule has 0 atom stereocenters. The van der Waals surface area contributed by atoms with Gasteiger partial charge in [-0.15, -0.1) is 0 Å². The summed E-state index contributed by atoms with van der Waals surface area (Å²) in [7, 11) is 3.97. The highest BCUT2D eigenvalue weighted by molar-refractivity contribution is 5.98. The summed E-state index contributed by atoms with van der Waals surface area (Å²) in [6, 6.07) is 9.65. The minimum atomic E-state index is -0.536. The van der Waals surface area contributed by atoms with Crippen LogP contribution in [0.15, 0.2) is 42.9 Å². The van der Waals surface area contributed by atoms with Crippen LogP contribution in [-0.4, -0.2) is 58.5 Å². The van der Waals surface area contributed by atoms with Crippen molar-refractivity contribution in [2.75, 3.05) is 37.4 Å². The Kier molecular flexibility index (Phi) is 4.77. The molecule has 4 rings (SSSR count). The van der Waals surface area contributed by atoms with Crippen LogP contribution in [0.1, 0.15) is 18.4 Å². The molecule has 0 saturated carbocycles. The van der Waals surface area contributed by atoms with Gasteiger partial charge in [0.2, 0.25) is 5.91 Å². The van der Waals surface area contributed by atoms with Gasteiger partial charge < -0.3 is 15.2 Å². The molecule has 146 valence electrons. The molecule has 1 amide bonds. The van der Waals surface area contributed by atoms with Crippen LogP contribution < -0.4 is 10.2 Å². The van der Waals surface area contributed by atoms with Crippen molar-refractivity contribution in [2.45, 2.75) is 25.3 Å². The predicted octanol–water partition coefficient (Wildman–Crippen LogP) is 2.81. The number of hydrogen-bond donors (Lipinski definition) is 2. The lowest BCUT2D eigenvalue weighted by Gasteiger charge is -2.45. The summed E-state index contributed by atoms with van der Waals surface area (Å²) < 4.78 is 0. The van der Waals surface area contributed by atoms with Crippen LogP contribution in [-0.2, 0) is 4.79 Å². The molecule has 0 unspecified atom stereocenters. The van der Waals surface area contributed by atoms with E-state index in [-0.39, 0.29) is 5.91 Å². The van der Waals surface area contributed by atoms with Crippen molar-refractivity contribution in [3.8, 4) is 0 Å². The van der Waals surface area contributed by atoms with Crippen LogP contribution in [0.4, 0.5) is 11.5 Å². The number of aromatic nitrogens is 3. The molecule has 3 aromatic rings. The van der Waals surface area contributed by atoms with E-state index < -0.39 is 5.54 Å². The molecule has 1 aliphatic heterocycles. The quantitative estimate of drug-likeness (QED) is 0.730. The average Bonchev–Trinajstić information content (AvgIpc) is 3.10. The number of benzene rings is 1. The van der Waals surface area contributed by atoms with Crippen LogP contribution in [0, 0.1) is 6.92 Å². The topological polar surface area (TPSA) is 77.1 Å². The first-order valence-corrected chi connectivity index (χ1v) is 9.59. The Morgan fingerprint density at radius 3 is 2.57 bits per heavy atom. The largest absolute Gasteiger partial charge is 0.356 e. The van der Waals surface area contributed by atoms with Crippen molar-refractivity contribution < 1.29 is 4.79 Å². The minimum Gasteiger partial charge on any atom is -0.356 e. The number of nitrogens with one attached hydrogen (secondary N) is 2. The molecule has 7 nitrogen and oxygen atoms in total. The number of amides is 1. The first kappa shape index (κ1) is 18.4. The molecular formula is C21H26N6O. The van der Waals surface area contributed by atoms with E-state index in [0.717, 1.165) is 54.0 Å². The van der Waals surface area contributed by atoms with Crippen LogP contribution in [0.3, 0.4) is 0 Å². The van der Waals surface area contributed by atoms with E-state index in [9.17, 15) is 4.79 Å². The summed E-state index contributed by atoms with van der Waals surface area (Å²) in [4.78, 5) is 29.6. The summed E-state index contributed by atoms with van der Waals surface area (Å²) >= 11 is 0. The first-order valence-electron chi connectivity index (χ1n) is 9.59. The number of fused-ring (bicyclic) bond motifs is 1. The second-order valence-electron chi connectivity index (χ2n) is 7.63. The maximum atomic E-state index is 13.2. The predicted molar refractivity (Wildman–Crippen MR) is 112 cm³/mol. The van der Waals surface area contributed by atoms with Gasteiger partial charge in [-0.3, -0.25) is 9.69 Å². The van der Waals surface area contributed by atoms with Gasteiger partial charge in [-0.25, -0.2) is 9.97 Å². The van der Waals surface area contributed by atoms with Crippen molar-refractivity contribution in [1.29, 1.82) is 0 Å². The number of carbonyl (C=O) groups is 1. The van der Waals surface area contributed by atoms with E-state index in [1.165, 1.54) is 0 Å². The molecule has 2 aromatic heterocycles. The number of rotatable bonds is 4. The van der Waals surface area contributed by atoms with E-state index in [1.54, 1.807) is 6.33 Å². The van der Waals surface area contributed by atoms with Crippen molar-refractivity contribution in [2.24, 2.45) is 0 Å². The Morgan fingerprint density at radius 1 is 1.18 bits per heavy atom. The number of para-hydroxylation sites is 1. The molecule has 0 bridgehead atoms. The van der Waals surface area contributed by atoms with Crippen LogP contribution >= 0.6 is 0 Å². The summed E-state index contributed by atoms with van der Waals surface area (Å²) in [5.74, 6) is 0.994. The Morgan fingerprint density at radius 2 is 1.89 bits per heavy atom. The fraction of sp³-hybridized carbons (Fsp3) is 0.381. The SMILES string of the molecule is Cc1c[nH]c2ncnc(N3CCC(C(=O)Nc4ccccc4)(N(C)C)CC3)c12. The zero-order chi connectivity index (χ0) is 19.7. The minimum absolute atomic E-state index is 0.0500. The van der Waals surface area contributed by atoms with Crippen molar-refractivity contribution in [3.05, 3.63) is 48.4 Å². The third kappa shape index (κ3) is 3.11. The molecule has 3 heterocycles. The molecule has 1 aliphatic rings. The Hall–Kier alpha value is -2.93. The van der Waals surface area contributed by atoms with E-state index in [0.29, 0.717) is 0 Å². The van der Waals surface area contributed by atoms with Gasteiger partial charge in [0.1, 0.15) is 23.3 Å². The van der Waals surface area contributed by atoms with Gasteiger partial charge in [-0.2, -0.15) is 0 Å². The highest BCUT2D eigenvalue weighted by atomic mass is 16.2. The lowest BCUT2D eigenvalue weighted by atomic mass is 9.85. The van der Waals surface area contributed by atoms with Gasteiger partial charge >= 0.3 is 0 Å². The second-order valence-corrected chi connectivity index (χ2v) is 7.63. The molecule has 28 heavy (non-hydrogen) atoms. The molecule has 2 N–H and O–H groups in total. The van der Waals surface area contributed by atoms with Crippen molar-refractivity contribution in [1.82, 2.24) is 19.9 Å². The van der Waals surface area contributed by atoms with Crippen molar-refractivity contribution >= 4 is 28.4 Å². The molecule has 0 aliphatic carbocycles. The molecule has 0 spiro atoms. The van der Waals surface area contributed by atoms with Gasteiger partial charge in [0.15, 0.2) is 0 Å². The van der Waals surface area contributed by atoms with Crippen LogP contribution in [0.2, 0.25) is 0 Å². The molecule has 1 aromatic carbocycles.